The minimum absolute atomic E-state index is 0.103. The number of nitrogens with zero attached hydrogens (tertiary/aromatic N) is 2. The molecule has 0 radical (unpaired) electrons. The highest BCUT2D eigenvalue weighted by molar-refractivity contribution is 5.94. The number of ether oxygens (including phenoxy) is 2. The number of aromatic amines is 1. The number of nitriles is 1. The Labute approximate surface area is 209 Å². The van der Waals surface area contributed by atoms with Gasteiger partial charge in [-0.1, -0.05) is 60.7 Å². The van der Waals surface area contributed by atoms with E-state index in [9.17, 15) is 19.6 Å². The van der Waals surface area contributed by atoms with E-state index in [0.717, 1.165) is 28.7 Å². The van der Waals surface area contributed by atoms with Crippen molar-refractivity contribution in [1.29, 1.82) is 5.26 Å². The van der Waals surface area contributed by atoms with E-state index in [1.54, 1.807) is 19.1 Å². The molecule has 9 heteroatoms. The van der Waals surface area contributed by atoms with Crippen LogP contribution >= 0.6 is 0 Å². The molecular formula is C27H28N4O5. The quantitative estimate of drug-likeness (QED) is 0.311. The van der Waals surface area contributed by atoms with Gasteiger partial charge in [0, 0.05) is 16.8 Å². The molecule has 1 atom stereocenters. The van der Waals surface area contributed by atoms with Gasteiger partial charge in [-0.25, -0.2) is 0 Å². The van der Waals surface area contributed by atoms with Crippen LogP contribution in [0.4, 0.5) is 0 Å². The molecular weight excluding hydrogens is 460 g/mol. The Kier molecular flexibility index (Phi) is 10.6. The van der Waals surface area contributed by atoms with Crippen LogP contribution in [0, 0.1) is 18.3 Å². The van der Waals surface area contributed by atoms with Gasteiger partial charge in [-0.3, -0.25) is 19.5 Å². The third-order valence-electron chi connectivity index (χ3n) is 4.90. The van der Waals surface area contributed by atoms with E-state index in [2.05, 4.69) is 21.0 Å². The molecule has 0 spiro atoms. The number of fused-ring (bicyclic) bond motifs is 1. The molecule has 1 aliphatic heterocycles. The van der Waals surface area contributed by atoms with Gasteiger partial charge >= 0.3 is 5.97 Å². The van der Waals surface area contributed by atoms with E-state index in [4.69, 9.17) is 10.5 Å². The highest BCUT2D eigenvalue weighted by Crippen LogP contribution is 2.42. The summed E-state index contributed by atoms with van der Waals surface area (Å²) in [6, 6.07) is 21.0. The smallest absolute Gasteiger partial charge is 0.313 e. The Hall–Kier alpha value is -4.71. The molecule has 2 heterocycles. The van der Waals surface area contributed by atoms with Crippen molar-refractivity contribution in [2.75, 3.05) is 6.61 Å². The number of esters is 1. The summed E-state index contributed by atoms with van der Waals surface area (Å²) >= 11 is 0. The summed E-state index contributed by atoms with van der Waals surface area (Å²) < 4.78 is 9.89. The second kappa shape index (κ2) is 13.9. The van der Waals surface area contributed by atoms with Crippen LogP contribution in [-0.4, -0.2) is 34.8 Å². The molecule has 3 aromatic rings. The second-order valence-corrected chi connectivity index (χ2v) is 7.62. The zero-order valence-corrected chi connectivity index (χ0v) is 20.4. The van der Waals surface area contributed by atoms with Crippen molar-refractivity contribution >= 4 is 18.0 Å². The first-order chi connectivity index (χ1) is 17.3. The molecule has 0 bridgehead atoms. The maximum atomic E-state index is 10.4. The first-order valence-electron chi connectivity index (χ1n) is 11.1. The Bertz CT molecular complexity index is 1240. The first-order valence-corrected chi connectivity index (χ1v) is 11.1. The van der Waals surface area contributed by atoms with Crippen molar-refractivity contribution in [1.82, 2.24) is 10.2 Å². The lowest BCUT2D eigenvalue weighted by Gasteiger charge is -2.23. The zero-order chi connectivity index (χ0) is 26.5. The minimum Gasteiger partial charge on any atom is -0.466 e. The van der Waals surface area contributed by atoms with Gasteiger partial charge in [0.05, 0.1) is 12.5 Å². The van der Waals surface area contributed by atoms with Gasteiger partial charge in [-0.15, -0.1) is 5.10 Å². The van der Waals surface area contributed by atoms with E-state index in [1.165, 1.54) is 6.92 Å². The van der Waals surface area contributed by atoms with E-state index in [1.807, 2.05) is 55.5 Å². The molecule has 0 fully saturated rings. The van der Waals surface area contributed by atoms with Gasteiger partial charge in [-0.2, -0.15) is 5.26 Å². The molecule has 4 rings (SSSR count). The fourth-order valence-electron chi connectivity index (χ4n) is 3.32. The lowest BCUT2D eigenvalue weighted by Crippen LogP contribution is -2.20. The van der Waals surface area contributed by atoms with Crippen LogP contribution in [0.2, 0.25) is 0 Å². The summed E-state index contributed by atoms with van der Waals surface area (Å²) in [6.45, 7) is 5.31. The van der Waals surface area contributed by atoms with Gasteiger partial charge in [-0.05, 0) is 26.3 Å². The lowest BCUT2D eigenvalue weighted by atomic mass is 9.84. The molecule has 0 saturated heterocycles. The standard InChI is InChI=1S/C14H12N4O.C7H6O.C6H10O3/c1-8-11-12(9-5-3-2-4-6-9)10(7-15)13(16)19-14(11)18-17-8;8-6-7-4-2-1-3-5-7;1-3-9-6(8)4-5(2)7/h2-6,12H,16H2,1H3,(H,17,18);1-6H;3-4H2,1-2H3. The van der Waals surface area contributed by atoms with Crippen LogP contribution in [0.1, 0.15) is 53.4 Å². The first kappa shape index (κ1) is 27.5. The fourth-order valence-corrected chi connectivity index (χ4v) is 3.32. The van der Waals surface area contributed by atoms with Crippen LogP contribution in [0.15, 0.2) is 72.1 Å². The van der Waals surface area contributed by atoms with Gasteiger partial charge < -0.3 is 15.2 Å². The number of hydrogen-bond acceptors (Lipinski definition) is 8. The van der Waals surface area contributed by atoms with Crippen molar-refractivity contribution in [2.24, 2.45) is 5.73 Å². The molecule has 1 aliphatic rings. The van der Waals surface area contributed by atoms with Crippen molar-refractivity contribution < 1.29 is 23.9 Å². The van der Waals surface area contributed by atoms with Gasteiger partial charge in [0.2, 0.25) is 11.8 Å². The average molecular weight is 489 g/mol. The number of hydrogen-bond donors (Lipinski definition) is 2. The number of carbonyl (C=O) groups excluding carboxylic acids is 3. The summed E-state index contributed by atoms with van der Waals surface area (Å²) in [4.78, 5) is 30.6. The molecule has 36 heavy (non-hydrogen) atoms. The van der Waals surface area contributed by atoms with Crippen LogP contribution < -0.4 is 10.5 Å². The van der Waals surface area contributed by atoms with E-state index >= 15 is 0 Å². The van der Waals surface area contributed by atoms with E-state index in [0.29, 0.717) is 18.1 Å². The summed E-state index contributed by atoms with van der Waals surface area (Å²) in [5.74, 6) is -0.259. The van der Waals surface area contributed by atoms with Crippen LogP contribution in [0.5, 0.6) is 5.88 Å². The van der Waals surface area contributed by atoms with E-state index < -0.39 is 5.97 Å². The lowest BCUT2D eigenvalue weighted by molar-refractivity contribution is -0.145. The van der Waals surface area contributed by atoms with Gasteiger partial charge in [0.25, 0.3) is 0 Å². The number of nitrogens with two attached hydrogens (primary N) is 1. The van der Waals surface area contributed by atoms with Crippen LogP contribution in [-0.2, 0) is 14.3 Å². The average Bonchev–Trinajstić information content (AvgIpc) is 3.24. The number of H-pyrrole nitrogens is 1. The molecule has 1 aromatic heterocycles. The number of nitrogens with one attached hydrogen (secondary N) is 1. The number of aryl methyl sites for hydroxylation is 1. The van der Waals surface area contributed by atoms with E-state index in [-0.39, 0.29) is 24.0 Å². The molecule has 186 valence electrons. The third-order valence-corrected chi connectivity index (χ3v) is 4.90. The monoisotopic (exact) mass is 488 g/mol. The maximum Gasteiger partial charge on any atom is 0.313 e. The molecule has 1 unspecified atom stereocenters. The molecule has 0 amide bonds. The summed E-state index contributed by atoms with van der Waals surface area (Å²) in [6.07, 6.45) is 0.730. The summed E-state index contributed by atoms with van der Waals surface area (Å²) in [5, 5.41) is 16.3. The topological polar surface area (TPSA) is 148 Å². The number of aromatic nitrogens is 2. The fraction of sp³-hybridized carbons (Fsp3) is 0.222. The normalized spacial score (nSPS) is 13.3. The second-order valence-electron chi connectivity index (χ2n) is 7.62. The Morgan fingerprint density at radius 3 is 2.28 bits per heavy atom. The predicted octanol–water partition coefficient (Wildman–Crippen LogP) is 3.96. The van der Waals surface area contributed by atoms with Gasteiger partial charge in [0.1, 0.15) is 30.1 Å². The Balaban J connectivity index is 0.000000224. The number of aldehydes is 1. The number of allylic oxidation sites excluding steroid dienone is 1. The highest BCUT2D eigenvalue weighted by atomic mass is 16.5. The van der Waals surface area contributed by atoms with Crippen molar-refractivity contribution in [3.8, 4) is 11.9 Å². The number of carbonyl (C=O) groups is 3. The maximum absolute atomic E-state index is 10.4. The molecule has 0 aliphatic carbocycles. The number of benzene rings is 2. The van der Waals surface area contributed by atoms with Gasteiger partial charge in [0.15, 0.2) is 0 Å². The Morgan fingerprint density at radius 2 is 1.78 bits per heavy atom. The number of ketones is 1. The third kappa shape index (κ3) is 7.67. The van der Waals surface area contributed by atoms with Crippen molar-refractivity contribution in [3.63, 3.8) is 0 Å². The van der Waals surface area contributed by atoms with Crippen molar-refractivity contribution in [3.05, 3.63) is 94.5 Å². The number of rotatable bonds is 5. The predicted molar refractivity (Wildman–Crippen MR) is 133 cm³/mol. The molecule has 9 nitrogen and oxygen atoms in total. The largest absolute Gasteiger partial charge is 0.466 e. The molecule has 2 aromatic carbocycles. The number of Topliss-reactive ketones (excluding diaryl/α,β-unsaturated/α-hetero) is 1. The highest BCUT2D eigenvalue weighted by Gasteiger charge is 2.33. The molecule has 3 N–H and O–H groups in total. The zero-order valence-electron chi connectivity index (χ0n) is 20.4. The van der Waals surface area contributed by atoms with Crippen LogP contribution in [0.3, 0.4) is 0 Å². The summed E-state index contributed by atoms with van der Waals surface area (Å²) in [7, 11) is 0. The van der Waals surface area contributed by atoms with Crippen LogP contribution in [0.25, 0.3) is 0 Å². The SMILES string of the molecule is CCOC(=O)CC(C)=O.Cc1[nH]nc2c1C(c1ccccc1)C(C#N)=C(N)O2.O=Cc1ccccc1. The summed E-state index contributed by atoms with van der Waals surface area (Å²) in [5.41, 5.74) is 9.72. The molecule has 0 saturated carbocycles. The van der Waals surface area contributed by atoms with Crippen molar-refractivity contribution in [2.45, 2.75) is 33.1 Å². The Morgan fingerprint density at radius 1 is 1.17 bits per heavy atom. The minimum atomic E-state index is -0.440.